The number of anilines is 3. The van der Waals surface area contributed by atoms with Gasteiger partial charge in [0, 0.05) is 35.7 Å². The van der Waals surface area contributed by atoms with Crippen LogP contribution in [0.2, 0.25) is 0 Å². The van der Waals surface area contributed by atoms with Crippen LogP contribution in [0.4, 0.5) is 17.1 Å². The van der Waals surface area contributed by atoms with Crippen LogP contribution in [-0.2, 0) is 9.53 Å². The average molecular weight is 448 g/mol. The van der Waals surface area contributed by atoms with Gasteiger partial charge in [0.2, 0.25) is 5.91 Å². The lowest BCUT2D eigenvalue weighted by Gasteiger charge is -2.27. The van der Waals surface area contributed by atoms with Gasteiger partial charge >= 0.3 is 0 Å². The summed E-state index contributed by atoms with van der Waals surface area (Å²) in [6, 6.07) is 17.1. The first-order chi connectivity index (χ1) is 16.1. The zero-order valence-corrected chi connectivity index (χ0v) is 17.9. The van der Waals surface area contributed by atoms with Crippen molar-refractivity contribution in [3.63, 3.8) is 0 Å². The van der Waals surface area contributed by atoms with E-state index >= 15 is 0 Å². The van der Waals surface area contributed by atoms with Crippen molar-refractivity contribution in [1.82, 2.24) is 4.90 Å². The van der Waals surface area contributed by atoms with Crippen LogP contribution >= 0.6 is 0 Å². The predicted octanol–water partition coefficient (Wildman–Crippen LogP) is 3.05. The second kappa shape index (κ2) is 10.5. The number of carbonyl (C=O) groups is 3. The van der Waals surface area contributed by atoms with Crippen molar-refractivity contribution >= 4 is 34.8 Å². The summed E-state index contributed by atoms with van der Waals surface area (Å²) in [5.41, 5.74) is 2.29. The summed E-state index contributed by atoms with van der Waals surface area (Å²) in [4.78, 5) is 38.9. The van der Waals surface area contributed by atoms with E-state index in [4.69, 9.17) is 9.15 Å². The molecule has 2 heterocycles. The Bertz CT molecular complexity index is 1120. The number of furan rings is 1. The number of nitrogens with zero attached hydrogens (tertiary/aromatic N) is 1. The number of amides is 3. The highest BCUT2D eigenvalue weighted by atomic mass is 16.5. The van der Waals surface area contributed by atoms with E-state index in [1.54, 1.807) is 65.6 Å². The standard InChI is InChI=1S/C24H24N4O5/c29-22(26-19-6-2-7-20(15-19)27-23(30)21-8-3-11-33-21)16-25-18-5-1-4-17(14-18)24(31)28-9-12-32-13-10-28/h1-8,11,14-15,25H,9-10,12-13,16H2,(H,26,29)(H,27,30). The summed E-state index contributed by atoms with van der Waals surface area (Å²) in [6.07, 6.45) is 1.42. The smallest absolute Gasteiger partial charge is 0.291 e. The first-order valence-corrected chi connectivity index (χ1v) is 10.5. The molecule has 1 aliphatic rings. The average Bonchev–Trinajstić information content (AvgIpc) is 3.39. The van der Waals surface area contributed by atoms with Crippen LogP contribution in [-0.4, -0.2) is 55.5 Å². The fraction of sp³-hybridized carbons (Fsp3) is 0.208. The van der Waals surface area contributed by atoms with Gasteiger partial charge in [-0.1, -0.05) is 12.1 Å². The molecule has 170 valence electrons. The van der Waals surface area contributed by atoms with Gasteiger partial charge in [-0.3, -0.25) is 14.4 Å². The van der Waals surface area contributed by atoms with Crippen molar-refractivity contribution < 1.29 is 23.5 Å². The topological polar surface area (TPSA) is 113 Å². The third kappa shape index (κ3) is 5.98. The third-order valence-electron chi connectivity index (χ3n) is 5.01. The molecule has 1 fully saturated rings. The summed E-state index contributed by atoms with van der Waals surface area (Å²) >= 11 is 0. The van der Waals surface area contributed by atoms with E-state index < -0.39 is 0 Å². The SMILES string of the molecule is O=C(CNc1cccc(C(=O)N2CCOCC2)c1)Nc1cccc(NC(=O)c2ccco2)c1. The molecule has 3 aromatic rings. The highest BCUT2D eigenvalue weighted by Crippen LogP contribution is 2.17. The molecule has 0 bridgehead atoms. The molecule has 9 heteroatoms. The van der Waals surface area contributed by atoms with Crippen LogP contribution in [0.15, 0.2) is 71.3 Å². The fourth-order valence-corrected chi connectivity index (χ4v) is 3.37. The Hall–Kier alpha value is -4.11. The normalized spacial score (nSPS) is 13.3. The van der Waals surface area contributed by atoms with Crippen molar-refractivity contribution in [2.45, 2.75) is 0 Å². The molecule has 3 amide bonds. The van der Waals surface area contributed by atoms with Crippen molar-refractivity contribution in [2.75, 3.05) is 48.8 Å². The number of morpholine rings is 1. The van der Waals surface area contributed by atoms with Gasteiger partial charge in [0.1, 0.15) is 0 Å². The number of benzene rings is 2. The quantitative estimate of drug-likeness (QED) is 0.512. The van der Waals surface area contributed by atoms with Gasteiger partial charge < -0.3 is 30.0 Å². The minimum Gasteiger partial charge on any atom is -0.459 e. The van der Waals surface area contributed by atoms with E-state index in [1.807, 2.05) is 0 Å². The van der Waals surface area contributed by atoms with Gasteiger partial charge in [-0.2, -0.15) is 0 Å². The van der Waals surface area contributed by atoms with E-state index in [9.17, 15) is 14.4 Å². The number of ether oxygens (including phenoxy) is 1. The van der Waals surface area contributed by atoms with Crippen LogP contribution in [0, 0.1) is 0 Å². The van der Waals surface area contributed by atoms with E-state index in [2.05, 4.69) is 16.0 Å². The third-order valence-corrected chi connectivity index (χ3v) is 5.01. The molecule has 1 saturated heterocycles. The van der Waals surface area contributed by atoms with Crippen molar-refractivity contribution in [3.05, 3.63) is 78.3 Å². The van der Waals surface area contributed by atoms with Crippen molar-refractivity contribution in [3.8, 4) is 0 Å². The number of nitrogens with one attached hydrogen (secondary N) is 3. The molecule has 0 atom stereocenters. The molecule has 1 aromatic heterocycles. The van der Waals surface area contributed by atoms with E-state index in [0.717, 1.165) is 0 Å². The van der Waals surface area contributed by atoms with Gasteiger partial charge in [0.05, 0.1) is 26.0 Å². The summed E-state index contributed by atoms with van der Waals surface area (Å²) in [5.74, 6) is -0.506. The molecule has 0 aliphatic carbocycles. The van der Waals surface area contributed by atoms with Crippen LogP contribution in [0.3, 0.4) is 0 Å². The van der Waals surface area contributed by atoms with Gasteiger partial charge in [0.25, 0.3) is 11.8 Å². The lowest BCUT2D eigenvalue weighted by molar-refractivity contribution is -0.114. The molecule has 0 spiro atoms. The van der Waals surface area contributed by atoms with E-state index in [-0.39, 0.29) is 30.0 Å². The lowest BCUT2D eigenvalue weighted by atomic mass is 10.1. The summed E-state index contributed by atoms with van der Waals surface area (Å²) in [7, 11) is 0. The zero-order chi connectivity index (χ0) is 23.0. The van der Waals surface area contributed by atoms with Crippen LogP contribution < -0.4 is 16.0 Å². The monoisotopic (exact) mass is 448 g/mol. The summed E-state index contributed by atoms with van der Waals surface area (Å²) in [5, 5.41) is 8.54. The number of carbonyl (C=O) groups excluding carboxylic acids is 3. The molecule has 3 N–H and O–H groups in total. The number of rotatable bonds is 7. The molecule has 0 saturated carbocycles. The Morgan fingerprint density at radius 2 is 1.58 bits per heavy atom. The van der Waals surface area contributed by atoms with Gasteiger partial charge in [0.15, 0.2) is 5.76 Å². The maximum absolute atomic E-state index is 12.6. The predicted molar refractivity (Wildman–Crippen MR) is 123 cm³/mol. The van der Waals surface area contributed by atoms with Gasteiger partial charge in [-0.25, -0.2) is 0 Å². The molecular formula is C24H24N4O5. The first-order valence-electron chi connectivity index (χ1n) is 10.5. The van der Waals surface area contributed by atoms with Gasteiger partial charge in [-0.15, -0.1) is 0 Å². The second-order valence-corrected chi connectivity index (χ2v) is 7.40. The Balaban J connectivity index is 1.30. The van der Waals surface area contributed by atoms with E-state index in [1.165, 1.54) is 6.26 Å². The van der Waals surface area contributed by atoms with E-state index in [0.29, 0.717) is 48.9 Å². The highest BCUT2D eigenvalue weighted by molar-refractivity contribution is 6.03. The molecule has 2 aromatic carbocycles. The Morgan fingerprint density at radius 3 is 2.33 bits per heavy atom. The maximum atomic E-state index is 12.6. The molecule has 4 rings (SSSR count). The fourth-order valence-electron chi connectivity index (χ4n) is 3.37. The van der Waals surface area contributed by atoms with Crippen LogP contribution in [0.25, 0.3) is 0 Å². The molecule has 33 heavy (non-hydrogen) atoms. The second-order valence-electron chi connectivity index (χ2n) is 7.40. The van der Waals surface area contributed by atoms with Crippen LogP contribution in [0.1, 0.15) is 20.9 Å². The molecular weight excluding hydrogens is 424 g/mol. The minimum atomic E-state index is -0.378. The van der Waals surface area contributed by atoms with Crippen molar-refractivity contribution in [1.29, 1.82) is 0 Å². The number of hydrogen-bond donors (Lipinski definition) is 3. The number of hydrogen-bond acceptors (Lipinski definition) is 6. The molecule has 0 radical (unpaired) electrons. The van der Waals surface area contributed by atoms with Gasteiger partial charge in [-0.05, 0) is 48.5 Å². The highest BCUT2D eigenvalue weighted by Gasteiger charge is 2.18. The first kappa shape index (κ1) is 22.1. The van der Waals surface area contributed by atoms with Crippen LogP contribution in [0.5, 0.6) is 0 Å². The Labute approximate surface area is 190 Å². The Morgan fingerprint density at radius 1 is 0.848 bits per heavy atom. The zero-order valence-electron chi connectivity index (χ0n) is 17.9. The molecule has 1 aliphatic heterocycles. The summed E-state index contributed by atoms with van der Waals surface area (Å²) in [6.45, 7) is 2.23. The largest absolute Gasteiger partial charge is 0.459 e. The minimum absolute atomic E-state index is 0.0121. The Kier molecular flexibility index (Phi) is 7.01. The molecule has 9 nitrogen and oxygen atoms in total. The van der Waals surface area contributed by atoms with Crippen molar-refractivity contribution in [2.24, 2.45) is 0 Å². The maximum Gasteiger partial charge on any atom is 0.291 e. The molecule has 0 unspecified atom stereocenters. The summed E-state index contributed by atoms with van der Waals surface area (Å²) < 4.78 is 10.4. The lowest BCUT2D eigenvalue weighted by Crippen LogP contribution is -2.40.